The van der Waals surface area contributed by atoms with Crippen molar-refractivity contribution in [3.8, 4) is 0 Å². The molecule has 0 N–H and O–H groups in total. The summed E-state index contributed by atoms with van der Waals surface area (Å²) in [6.07, 6.45) is 8.47. The fraction of sp³-hybridized carbons (Fsp3) is 0.471. The Kier molecular flexibility index (Phi) is 5.37. The van der Waals surface area contributed by atoms with Crippen LogP contribution in [0.3, 0.4) is 0 Å². The summed E-state index contributed by atoms with van der Waals surface area (Å²) >= 11 is 0. The Balaban J connectivity index is 1.50. The molecule has 8 heteroatoms. The van der Waals surface area contributed by atoms with Gasteiger partial charge in [0.25, 0.3) is 0 Å². The van der Waals surface area contributed by atoms with Crippen molar-refractivity contribution in [3.63, 3.8) is 0 Å². The highest BCUT2D eigenvalue weighted by Gasteiger charge is 2.28. The van der Waals surface area contributed by atoms with Crippen LogP contribution in [0, 0.1) is 10.1 Å². The zero-order chi connectivity index (χ0) is 17.6. The fourth-order valence-electron chi connectivity index (χ4n) is 3.25. The van der Waals surface area contributed by atoms with Crippen LogP contribution in [0.4, 0.5) is 5.69 Å². The Labute approximate surface area is 145 Å². The molecule has 0 bridgehead atoms. The highest BCUT2D eigenvalue weighted by atomic mass is 16.6. The van der Waals surface area contributed by atoms with Gasteiger partial charge in [-0.05, 0) is 37.8 Å². The summed E-state index contributed by atoms with van der Waals surface area (Å²) in [6, 6.07) is 6.13. The van der Waals surface area contributed by atoms with E-state index in [0.29, 0.717) is 13.0 Å². The monoisotopic (exact) mass is 343 g/mol. The fourth-order valence-corrected chi connectivity index (χ4v) is 3.25. The SMILES string of the molecule is O=C(CCn1cc([N+](=O)[O-])cn1)N1CCC[C@@H]1CCc1ccccn1. The molecule has 1 aliphatic heterocycles. The van der Waals surface area contributed by atoms with E-state index in [2.05, 4.69) is 10.1 Å². The van der Waals surface area contributed by atoms with Crippen LogP contribution in [0.25, 0.3) is 0 Å². The van der Waals surface area contributed by atoms with Crippen LogP contribution in [0.5, 0.6) is 0 Å². The van der Waals surface area contributed by atoms with E-state index in [1.54, 1.807) is 6.20 Å². The van der Waals surface area contributed by atoms with Gasteiger partial charge < -0.3 is 4.90 Å². The Bertz CT molecular complexity index is 731. The normalized spacial score (nSPS) is 17.0. The van der Waals surface area contributed by atoms with Gasteiger partial charge in [0, 0.05) is 37.4 Å². The number of likely N-dealkylation sites (tertiary alicyclic amines) is 1. The predicted molar refractivity (Wildman–Crippen MR) is 90.8 cm³/mol. The Morgan fingerprint density at radius 2 is 2.28 bits per heavy atom. The average Bonchev–Trinajstić information content (AvgIpc) is 3.28. The van der Waals surface area contributed by atoms with Crippen LogP contribution in [0.15, 0.2) is 36.8 Å². The minimum atomic E-state index is -0.487. The number of aryl methyl sites for hydroxylation is 2. The second kappa shape index (κ2) is 7.87. The molecule has 2 aromatic heterocycles. The van der Waals surface area contributed by atoms with E-state index >= 15 is 0 Å². The van der Waals surface area contributed by atoms with Crippen molar-refractivity contribution in [3.05, 3.63) is 52.6 Å². The van der Waals surface area contributed by atoms with Crippen molar-refractivity contribution >= 4 is 11.6 Å². The first-order chi connectivity index (χ1) is 12.1. The molecule has 0 aliphatic carbocycles. The van der Waals surface area contributed by atoms with Gasteiger partial charge in [-0.25, -0.2) is 0 Å². The van der Waals surface area contributed by atoms with Gasteiger partial charge in [-0.1, -0.05) is 6.07 Å². The molecule has 25 heavy (non-hydrogen) atoms. The third-order valence-electron chi connectivity index (χ3n) is 4.54. The average molecular weight is 343 g/mol. The maximum absolute atomic E-state index is 12.5. The van der Waals surface area contributed by atoms with Crippen LogP contribution in [0.2, 0.25) is 0 Å². The van der Waals surface area contributed by atoms with E-state index in [1.165, 1.54) is 17.1 Å². The lowest BCUT2D eigenvalue weighted by Crippen LogP contribution is -2.36. The van der Waals surface area contributed by atoms with Gasteiger partial charge in [-0.15, -0.1) is 0 Å². The second-order valence-corrected chi connectivity index (χ2v) is 6.21. The number of rotatable bonds is 7. The number of aromatic nitrogens is 3. The highest BCUT2D eigenvalue weighted by molar-refractivity contribution is 5.76. The molecule has 132 valence electrons. The molecule has 2 aromatic rings. The summed E-state index contributed by atoms with van der Waals surface area (Å²) in [6.45, 7) is 1.14. The summed E-state index contributed by atoms with van der Waals surface area (Å²) in [5.41, 5.74) is 0.993. The molecule has 1 atom stereocenters. The molecule has 1 saturated heterocycles. The van der Waals surface area contributed by atoms with Crippen LogP contribution < -0.4 is 0 Å². The number of amides is 1. The van der Waals surface area contributed by atoms with Gasteiger partial charge >= 0.3 is 5.69 Å². The van der Waals surface area contributed by atoms with E-state index in [1.807, 2.05) is 23.1 Å². The number of nitro groups is 1. The first-order valence-electron chi connectivity index (χ1n) is 8.49. The lowest BCUT2D eigenvalue weighted by molar-refractivity contribution is -0.385. The molecular formula is C17H21N5O3. The zero-order valence-corrected chi connectivity index (χ0v) is 14.0. The molecule has 0 radical (unpaired) electrons. The molecule has 0 saturated carbocycles. The lowest BCUT2D eigenvalue weighted by atomic mass is 10.1. The standard InChI is InChI=1S/C17H21N5O3/c23-17(8-11-20-13-16(12-19-20)22(24)25)21-10-3-5-15(21)7-6-14-4-1-2-9-18-14/h1-2,4,9,12-13,15H,3,5-8,10-11H2/t15-/m1/s1. The summed E-state index contributed by atoms with van der Waals surface area (Å²) in [5.74, 6) is 0.0849. The van der Waals surface area contributed by atoms with Crippen molar-refractivity contribution < 1.29 is 9.72 Å². The third kappa shape index (κ3) is 4.40. The lowest BCUT2D eigenvalue weighted by Gasteiger charge is -2.24. The molecule has 0 unspecified atom stereocenters. The van der Waals surface area contributed by atoms with Crippen LogP contribution in [0.1, 0.15) is 31.4 Å². The molecule has 0 aromatic carbocycles. The van der Waals surface area contributed by atoms with E-state index in [9.17, 15) is 14.9 Å². The first kappa shape index (κ1) is 17.1. The van der Waals surface area contributed by atoms with Crippen molar-refractivity contribution in [2.75, 3.05) is 6.54 Å². The number of hydrogen-bond donors (Lipinski definition) is 0. The minimum absolute atomic E-state index is 0.0538. The van der Waals surface area contributed by atoms with Gasteiger partial charge in [0.1, 0.15) is 12.4 Å². The molecule has 3 rings (SSSR count). The van der Waals surface area contributed by atoms with Crippen molar-refractivity contribution in [1.29, 1.82) is 0 Å². The first-order valence-corrected chi connectivity index (χ1v) is 8.49. The van der Waals surface area contributed by atoms with Gasteiger partial charge in [0.05, 0.1) is 4.92 Å². The zero-order valence-electron chi connectivity index (χ0n) is 14.0. The maximum atomic E-state index is 12.5. The molecule has 1 aliphatic rings. The summed E-state index contributed by atoms with van der Waals surface area (Å²) in [4.78, 5) is 29.0. The highest BCUT2D eigenvalue weighted by Crippen LogP contribution is 2.22. The Hall–Kier alpha value is -2.77. The number of carbonyl (C=O) groups excluding carboxylic acids is 1. The topological polar surface area (TPSA) is 94.2 Å². The van der Waals surface area contributed by atoms with Crippen LogP contribution in [-0.2, 0) is 17.8 Å². The summed E-state index contributed by atoms with van der Waals surface area (Å²) in [5, 5.41) is 14.6. The van der Waals surface area contributed by atoms with E-state index < -0.39 is 4.92 Å². The largest absolute Gasteiger partial charge is 0.340 e. The molecule has 3 heterocycles. The van der Waals surface area contributed by atoms with Gasteiger partial charge in [-0.3, -0.25) is 24.6 Å². The number of carbonyl (C=O) groups is 1. The quantitative estimate of drug-likeness (QED) is 0.567. The van der Waals surface area contributed by atoms with Crippen LogP contribution >= 0.6 is 0 Å². The van der Waals surface area contributed by atoms with Gasteiger partial charge in [0.15, 0.2) is 0 Å². The van der Waals surface area contributed by atoms with Crippen LogP contribution in [-0.4, -0.2) is 43.1 Å². The Morgan fingerprint density at radius 1 is 1.40 bits per heavy atom. The third-order valence-corrected chi connectivity index (χ3v) is 4.54. The smallest absolute Gasteiger partial charge is 0.306 e. The van der Waals surface area contributed by atoms with E-state index in [-0.39, 0.29) is 17.6 Å². The van der Waals surface area contributed by atoms with E-state index in [0.717, 1.165) is 37.9 Å². The number of hydrogen-bond acceptors (Lipinski definition) is 5. The molecule has 0 spiro atoms. The predicted octanol–water partition coefficient (Wildman–Crippen LogP) is 2.20. The van der Waals surface area contributed by atoms with Gasteiger partial charge in [-0.2, -0.15) is 5.10 Å². The van der Waals surface area contributed by atoms with Crippen molar-refractivity contribution in [2.45, 2.75) is 44.7 Å². The van der Waals surface area contributed by atoms with Crippen molar-refractivity contribution in [1.82, 2.24) is 19.7 Å². The summed E-state index contributed by atoms with van der Waals surface area (Å²) in [7, 11) is 0. The number of nitrogens with zero attached hydrogens (tertiary/aromatic N) is 5. The Morgan fingerprint density at radius 3 is 3.00 bits per heavy atom. The molecule has 1 amide bonds. The van der Waals surface area contributed by atoms with Crippen molar-refractivity contribution in [2.24, 2.45) is 0 Å². The van der Waals surface area contributed by atoms with Gasteiger partial charge in [0.2, 0.25) is 5.91 Å². The molecule has 8 nitrogen and oxygen atoms in total. The second-order valence-electron chi connectivity index (χ2n) is 6.21. The summed E-state index contributed by atoms with van der Waals surface area (Å²) < 4.78 is 1.45. The molecule has 1 fully saturated rings. The van der Waals surface area contributed by atoms with E-state index in [4.69, 9.17) is 0 Å². The maximum Gasteiger partial charge on any atom is 0.306 e. The number of pyridine rings is 1. The minimum Gasteiger partial charge on any atom is -0.340 e. The molecular weight excluding hydrogens is 322 g/mol.